The van der Waals surface area contributed by atoms with Crippen LogP contribution in [0.5, 0.6) is 0 Å². The maximum absolute atomic E-state index is 2.31. The highest BCUT2D eigenvalue weighted by molar-refractivity contribution is 8.17. The van der Waals surface area contributed by atoms with Gasteiger partial charge in [-0.15, -0.1) is 0 Å². The smallest absolute Gasteiger partial charge is 0.0361 e. The summed E-state index contributed by atoms with van der Waals surface area (Å²) < 4.78 is 0. The van der Waals surface area contributed by atoms with Gasteiger partial charge in [-0.25, -0.2) is 0 Å². The Balaban J connectivity index is 1.58. The van der Waals surface area contributed by atoms with Crippen molar-refractivity contribution in [2.24, 2.45) is 0 Å². The number of hydrogen-bond acceptors (Lipinski definition) is 5. The highest BCUT2D eigenvalue weighted by Gasteiger charge is 2.28. The molecule has 0 aromatic heterocycles. The number of hydrogen-bond donors (Lipinski definition) is 0. The second-order valence-electron chi connectivity index (χ2n) is 14.0. The lowest BCUT2D eigenvalue weighted by atomic mass is 9.89. The fourth-order valence-corrected chi connectivity index (χ4v) is 8.31. The standard InChI is InChI=1S/C46H46N4S/c1-47(2)36-23-15-32(16-24-36)42(33-17-25-37(26-18-33)48(3)4)45-40-13-9-11-31-12-10-14-41(44(31)40)46(51-45)43(34-19-27-38(28-20-34)49(5)6)35-21-29-39(30-22-35)50(7)8/h9-30H,1-8H3. The average Bonchev–Trinajstić information content (AvgIpc) is 3.14. The van der Waals surface area contributed by atoms with E-state index in [0.29, 0.717) is 0 Å². The van der Waals surface area contributed by atoms with E-state index in [1.165, 1.54) is 87.9 Å². The summed E-state index contributed by atoms with van der Waals surface area (Å²) in [7, 11) is 16.8. The van der Waals surface area contributed by atoms with E-state index < -0.39 is 0 Å². The van der Waals surface area contributed by atoms with E-state index in [-0.39, 0.29) is 0 Å². The Hall–Kier alpha value is -5.39. The summed E-state index contributed by atoms with van der Waals surface area (Å²) in [5, 5.41) is 2.54. The van der Waals surface area contributed by atoms with Crippen molar-refractivity contribution in [3.8, 4) is 0 Å². The summed E-state index contributed by atoms with van der Waals surface area (Å²) in [6.45, 7) is 0. The fourth-order valence-electron chi connectivity index (χ4n) is 6.87. The molecule has 0 saturated heterocycles. The first-order chi connectivity index (χ1) is 24.6. The van der Waals surface area contributed by atoms with Crippen LogP contribution < -0.4 is 19.6 Å². The number of nitrogens with zero attached hydrogens (tertiary/aromatic N) is 4. The average molecular weight is 687 g/mol. The van der Waals surface area contributed by atoms with Crippen LogP contribution in [0.4, 0.5) is 22.7 Å². The van der Waals surface area contributed by atoms with Gasteiger partial charge in [-0.2, -0.15) is 0 Å². The van der Waals surface area contributed by atoms with Crippen LogP contribution >= 0.6 is 11.8 Å². The van der Waals surface area contributed by atoms with Gasteiger partial charge in [-0.1, -0.05) is 96.7 Å². The lowest BCUT2D eigenvalue weighted by molar-refractivity contribution is 1.13. The first-order valence-corrected chi connectivity index (χ1v) is 18.2. The molecule has 1 aliphatic heterocycles. The Bertz CT molecular complexity index is 1980. The molecule has 5 heteroatoms. The maximum atomic E-state index is 2.31. The van der Waals surface area contributed by atoms with Gasteiger partial charge >= 0.3 is 0 Å². The van der Waals surface area contributed by atoms with Gasteiger partial charge in [0.2, 0.25) is 0 Å². The molecule has 4 nitrogen and oxygen atoms in total. The third-order valence-electron chi connectivity index (χ3n) is 9.74. The monoisotopic (exact) mass is 686 g/mol. The van der Waals surface area contributed by atoms with E-state index in [9.17, 15) is 0 Å². The molecule has 6 aromatic rings. The van der Waals surface area contributed by atoms with Crippen LogP contribution in [-0.2, 0) is 0 Å². The molecule has 0 spiro atoms. The van der Waals surface area contributed by atoms with E-state index in [1.807, 2.05) is 11.8 Å². The van der Waals surface area contributed by atoms with Gasteiger partial charge in [-0.3, -0.25) is 0 Å². The van der Waals surface area contributed by atoms with E-state index >= 15 is 0 Å². The maximum Gasteiger partial charge on any atom is 0.0361 e. The first-order valence-electron chi connectivity index (χ1n) is 17.4. The van der Waals surface area contributed by atoms with Crippen LogP contribution in [0.15, 0.2) is 133 Å². The predicted molar refractivity (Wildman–Crippen MR) is 226 cm³/mol. The molecule has 7 rings (SSSR count). The lowest BCUT2D eigenvalue weighted by Crippen LogP contribution is -2.09. The molecular formula is C46H46N4S. The molecule has 0 aliphatic carbocycles. The van der Waals surface area contributed by atoms with Crippen LogP contribution in [0, 0.1) is 0 Å². The summed E-state index contributed by atoms with van der Waals surface area (Å²) in [5.41, 5.74) is 14.5. The minimum atomic E-state index is 1.18. The largest absolute Gasteiger partial charge is 0.378 e. The summed E-state index contributed by atoms with van der Waals surface area (Å²) in [6.07, 6.45) is 0. The molecule has 0 amide bonds. The predicted octanol–water partition coefficient (Wildman–Crippen LogP) is 10.7. The van der Waals surface area contributed by atoms with Gasteiger partial charge in [0.05, 0.1) is 0 Å². The second-order valence-corrected chi connectivity index (χ2v) is 15.0. The molecule has 51 heavy (non-hydrogen) atoms. The normalized spacial score (nSPS) is 12.2. The summed E-state index contributed by atoms with van der Waals surface area (Å²) in [6, 6.07) is 49.6. The SMILES string of the molecule is CN(C)c1ccc(C(=C2SC(=C(c3ccc(N(C)C)cc3)c3ccc(N(C)C)cc3)c3cccc4cccc2c34)c2ccc(N(C)C)cc2)cc1. The third-order valence-corrected chi connectivity index (χ3v) is 11.0. The Morgan fingerprint density at radius 2 is 0.627 bits per heavy atom. The van der Waals surface area contributed by atoms with Crippen LogP contribution in [0.2, 0.25) is 0 Å². The van der Waals surface area contributed by atoms with Gasteiger partial charge in [-0.05, 0) is 92.7 Å². The van der Waals surface area contributed by atoms with Crippen molar-refractivity contribution >= 4 is 66.2 Å². The molecule has 0 fully saturated rings. The topological polar surface area (TPSA) is 13.0 Å². The van der Waals surface area contributed by atoms with Crippen molar-refractivity contribution in [1.29, 1.82) is 0 Å². The Kier molecular flexibility index (Phi) is 9.41. The first kappa shape index (κ1) is 34.1. The van der Waals surface area contributed by atoms with Crippen LogP contribution in [0.3, 0.4) is 0 Å². The van der Waals surface area contributed by atoms with Crippen LogP contribution in [0.1, 0.15) is 33.4 Å². The Morgan fingerprint density at radius 1 is 0.353 bits per heavy atom. The minimum Gasteiger partial charge on any atom is -0.378 e. The Morgan fingerprint density at radius 3 is 0.882 bits per heavy atom. The second kappa shape index (κ2) is 14.1. The zero-order valence-corrected chi connectivity index (χ0v) is 31.7. The molecular weight excluding hydrogens is 641 g/mol. The van der Waals surface area contributed by atoms with Crippen LogP contribution in [-0.4, -0.2) is 56.4 Å². The van der Waals surface area contributed by atoms with Gasteiger partial charge < -0.3 is 19.6 Å². The van der Waals surface area contributed by atoms with Crippen LogP contribution in [0.25, 0.3) is 31.7 Å². The van der Waals surface area contributed by atoms with Crippen molar-refractivity contribution in [3.05, 3.63) is 167 Å². The van der Waals surface area contributed by atoms with Crippen molar-refractivity contribution in [1.82, 2.24) is 0 Å². The van der Waals surface area contributed by atoms with Gasteiger partial charge in [0.25, 0.3) is 0 Å². The summed E-state index contributed by atoms with van der Waals surface area (Å²) in [5.74, 6) is 0. The highest BCUT2D eigenvalue weighted by Crippen LogP contribution is 2.56. The zero-order chi connectivity index (χ0) is 35.8. The number of benzene rings is 6. The molecule has 0 N–H and O–H groups in total. The molecule has 1 aliphatic rings. The fraction of sp³-hybridized carbons (Fsp3) is 0.174. The number of rotatable bonds is 8. The minimum absolute atomic E-state index is 1.18. The molecule has 0 radical (unpaired) electrons. The number of anilines is 4. The third kappa shape index (κ3) is 6.62. The highest BCUT2D eigenvalue weighted by atomic mass is 32.2. The van der Waals surface area contributed by atoms with Gasteiger partial charge in [0, 0.05) is 100 Å². The van der Waals surface area contributed by atoms with Crippen molar-refractivity contribution in [2.45, 2.75) is 0 Å². The molecule has 0 bridgehead atoms. The van der Waals surface area contributed by atoms with E-state index in [0.717, 1.165) is 0 Å². The van der Waals surface area contributed by atoms with Crippen molar-refractivity contribution < 1.29 is 0 Å². The molecule has 0 unspecified atom stereocenters. The lowest BCUT2D eigenvalue weighted by Gasteiger charge is -2.28. The summed E-state index contributed by atoms with van der Waals surface area (Å²) in [4.78, 5) is 11.2. The molecule has 1 heterocycles. The van der Waals surface area contributed by atoms with Crippen molar-refractivity contribution in [2.75, 3.05) is 76.0 Å². The van der Waals surface area contributed by atoms with E-state index in [2.05, 4.69) is 209 Å². The van der Waals surface area contributed by atoms with Gasteiger partial charge in [0.15, 0.2) is 0 Å². The molecule has 0 saturated carbocycles. The van der Waals surface area contributed by atoms with Gasteiger partial charge in [0.1, 0.15) is 0 Å². The van der Waals surface area contributed by atoms with Crippen molar-refractivity contribution in [3.63, 3.8) is 0 Å². The molecule has 6 aromatic carbocycles. The number of thioether (sulfide) groups is 1. The molecule has 256 valence electrons. The zero-order valence-electron chi connectivity index (χ0n) is 30.9. The Labute approximate surface area is 307 Å². The molecule has 0 atom stereocenters. The quantitative estimate of drug-likeness (QED) is 0.158. The summed E-state index contributed by atoms with van der Waals surface area (Å²) >= 11 is 1.90. The van der Waals surface area contributed by atoms with E-state index in [4.69, 9.17) is 0 Å². The van der Waals surface area contributed by atoms with E-state index in [1.54, 1.807) is 0 Å².